The molecule has 2 aromatic carbocycles. The second-order valence-corrected chi connectivity index (χ2v) is 11.3. The molecule has 0 aromatic heterocycles. The Balaban J connectivity index is 1.51. The first-order chi connectivity index (χ1) is 20.4. The van der Waals surface area contributed by atoms with Gasteiger partial charge in [-0.3, -0.25) is 19.3 Å². The molecule has 228 valence electrons. The van der Waals surface area contributed by atoms with Gasteiger partial charge < -0.3 is 25.8 Å². The van der Waals surface area contributed by atoms with Crippen molar-refractivity contribution in [2.75, 3.05) is 4.90 Å². The Morgan fingerprint density at radius 2 is 1.81 bits per heavy atom. The van der Waals surface area contributed by atoms with Gasteiger partial charge in [0.2, 0.25) is 11.8 Å². The molecule has 0 unspecified atom stereocenters. The number of hydrogen-bond donors (Lipinski definition) is 4. The molecule has 2 aromatic rings. The minimum Gasteiger partial charge on any atom is -0.460 e. The number of esters is 1. The van der Waals surface area contributed by atoms with Crippen molar-refractivity contribution in [1.82, 2.24) is 16.1 Å². The Labute approximate surface area is 249 Å². The van der Waals surface area contributed by atoms with Crippen LogP contribution in [0.2, 0.25) is 0 Å². The lowest BCUT2D eigenvalue weighted by Crippen LogP contribution is -2.56. The number of hydrogen-bond acceptors (Lipinski definition) is 8. The number of ether oxygens (including phenoxy) is 2. The normalized spacial score (nSPS) is 18.3. The van der Waals surface area contributed by atoms with Crippen LogP contribution >= 0.6 is 0 Å². The molecule has 0 saturated carbocycles. The summed E-state index contributed by atoms with van der Waals surface area (Å²) in [6, 6.07) is 11.0. The van der Waals surface area contributed by atoms with Crippen molar-refractivity contribution in [2.45, 2.75) is 76.8 Å². The molecule has 2 aliphatic rings. The predicted molar refractivity (Wildman–Crippen MR) is 157 cm³/mol. The van der Waals surface area contributed by atoms with E-state index in [0.717, 1.165) is 22.9 Å². The van der Waals surface area contributed by atoms with Crippen molar-refractivity contribution < 1.29 is 33.4 Å². The number of benzene rings is 2. The Morgan fingerprint density at radius 3 is 2.51 bits per heavy atom. The number of aryl methyl sites for hydroxylation is 1. The van der Waals surface area contributed by atoms with Crippen LogP contribution in [0.5, 0.6) is 0 Å². The van der Waals surface area contributed by atoms with Crippen molar-refractivity contribution >= 4 is 41.8 Å². The van der Waals surface area contributed by atoms with Gasteiger partial charge in [-0.2, -0.15) is 5.10 Å². The van der Waals surface area contributed by atoms with Crippen molar-refractivity contribution in [3.8, 4) is 0 Å². The molecule has 0 spiro atoms. The third-order valence-electron chi connectivity index (χ3n) is 6.78. The van der Waals surface area contributed by atoms with Crippen LogP contribution in [0.4, 0.5) is 15.3 Å². The molecular weight excluding hydrogens is 556 g/mol. The van der Waals surface area contributed by atoms with E-state index in [1.165, 1.54) is 4.90 Å². The quantitative estimate of drug-likeness (QED) is 0.195. The molecule has 3 atom stereocenters. The van der Waals surface area contributed by atoms with E-state index >= 15 is 0 Å². The average molecular weight is 593 g/mol. The van der Waals surface area contributed by atoms with Crippen LogP contribution in [0.1, 0.15) is 50.3 Å². The van der Waals surface area contributed by atoms with Crippen LogP contribution in [-0.4, -0.2) is 59.8 Å². The summed E-state index contributed by atoms with van der Waals surface area (Å²) in [6.07, 6.45) is 1.16. The maximum Gasteiger partial charge on any atom is 0.408 e. The molecule has 0 aliphatic carbocycles. The fourth-order valence-electron chi connectivity index (χ4n) is 5.06. The van der Waals surface area contributed by atoms with Gasteiger partial charge in [0.1, 0.15) is 24.3 Å². The summed E-state index contributed by atoms with van der Waals surface area (Å²) in [6.45, 7) is 5.17. The number of nitrogens with zero attached hydrogens (tertiary/aromatic N) is 2. The van der Waals surface area contributed by atoms with Crippen molar-refractivity contribution in [1.29, 1.82) is 0 Å². The lowest BCUT2D eigenvalue weighted by atomic mass is 10.0. The van der Waals surface area contributed by atoms with Gasteiger partial charge >= 0.3 is 18.1 Å². The first kappa shape index (κ1) is 31.0. The SMILES string of the molecule is CC(C)(C)OC(=O)C[C@@H](/C=N/NC(N)=O)NC(=O)[C@@H]1Cc2cccc3c2N1C(=O)[C@@H](NC(=O)OCc1ccccc1)CC3. The van der Waals surface area contributed by atoms with E-state index < -0.39 is 53.6 Å². The van der Waals surface area contributed by atoms with Crippen LogP contribution in [0.3, 0.4) is 0 Å². The molecule has 5 amide bonds. The highest BCUT2D eigenvalue weighted by atomic mass is 16.6. The molecule has 0 radical (unpaired) electrons. The zero-order chi connectivity index (χ0) is 31.1. The van der Waals surface area contributed by atoms with Crippen LogP contribution in [0.15, 0.2) is 53.6 Å². The lowest BCUT2D eigenvalue weighted by molar-refractivity contribution is -0.155. The summed E-state index contributed by atoms with van der Waals surface area (Å²) < 4.78 is 10.7. The van der Waals surface area contributed by atoms with E-state index in [0.29, 0.717) is 18.5 Å². The molecular formula is C30H36N6O7. The fraction of sp³-hybridized carbons (Fsp3) is 0.400. The average Bonchev–Trinajstić information content (AvgIpc) is 3.27. The van der Waals surface area contributed by atoms with Gasteiger partial charge in [-0.05, 0) is 50.3 Å². The Kier molecular flexibility index (Phi) is 9.63. The van der Waals surface area contributed by atoms with Crippen LogP contribution < -0.4 is 26.7 Å². The number of nitrogens with one attached hydrogen (secondary N) is 3. The molecule has 2 heterocycles. The van der Waals surface area contributed by atoms with E-state index in [-0.39, 0.29) is 19.4 Å². The Morgan fingerprint density at radius 1 is 1.09 bits per heavy atom. The molecule has 13 heteroatoms. The summed E-state index contributed by atoms with van der Waals surface area (Å²) in [5.74, 6) is -1.61. The number of para-hydroxylation sites is 1. The van der Waals surface area contributed by atoms with Crippen molar-refractivity contribution in [3.05, 3.63) is 65.2 Å². The number of carbonyl (C=O) groups is 5. The molecule has 2 aliphatic heterocycles. The third kappa shape index (κ3) is 8.31. The van der Waals surface area contributed by atoms with E-state index in [1.807, 2.05) is 54.0 Å². The monoisotopic (exact) mass is 592 g/mol. The van der Waals surface area contributed by atoms with Gasteiger partial charge in [-0.15, -0.1) is 0 Å². The first-order valence-electron chi connectivity index (χ1n) is 13.9. The number of hydrazone groups is 1. The molecule has 13 nitrogen and oxygen atoms in total. The predicted octanol–water partition coefficient (Wildman–Crippen LogP) is 2.06. The van der Waals surface area contributed by atoms with E-state index in [1.54, 1.807) is 20.8 Å². The Hall–Kier alpha value is -4.94. The van der Waals surface area contributed by atoms with E-state index in [9.17, 15) is 24.0 Å². The highest BCUT2D eigenvalue weighted by molar-refractivity contribution is 6.08. The number of amides is 5. The lowest BCUT2D eigenvalue weighted by Gasteiger charge is -2.28. The van der Waals surface area contributed by atoms with E-state index in [2.05, 4.69) is 15.7 Å². The van der Waals surface area contributed by atoms with Gasteiger partial charge in [0.25, 0.3) is 0 Å². The summed E-state index contributed by atoms with van der Waals surface area (Å²) >= 11 is 0. The van der Waals surface area contributed by atoms with Crippen molar-refractivity contribution in [2.24, 2.45) is 10.8 Å². The topological polar surface area (TPSA) is 182 Å². The number of rotatable bonds is 9. The number of anilines is 1. The number of primary amides is 1. The highest BCUT2D eigenvalue weighted by Gasteiger charge is 2.44. The van der Waals surface area contributed by atoms with Gasteiger partial charge in [-0.25, -0.2) is 15.0 Å². The molecule has 5 N–H and O–H groups in total. The molecule has 0 bridgehead atoms. The zero-order valence-corrected chi connectivity index (χ0v) is 24.3. The number of carbonyl (C=O) groups excluding carboxylic acids is 5. The second kappa shape index (κ2) is 13.4. The van der Waals surface area contributed by atoms with Crippen LogP contribution in [0, 0.1) is 0 Å². The minimum absolute atomic E-state index is 0.0396. The maximum absolute atomic E-state index is 13.9. The summed E-state index contributed by atoms with van der Waals surface area (Å²) in [7, 11) is 0. The largest absolute Gasteiger partial charge is 0.460 e. The molecule has 4 rings (SSSR count). The van der Waals surface area contributed by atoms with Crippen LogP contribution in [0.25, 0.3) is 0 Å². The number of nitrogens with two attached hydrogens (primary N) is 1. The summed E-state index contributed by atoms with van der Waals surface area (Å²) in [4.78, 5) is 65.3. The van der Waals surface area contributed by atoms with Gasteiger partial charge in [0.15, 0.2) is 0 Å². The summed E-state index contributed by atoms with van der Waals surface area (Å²) in [5.41, 5.74) is 9.47. The fourth-order valence-corrected chi connectivity index (χ4v) is 5.06. The standard InChI is InChI=1S/C30H36N6O7/c1-30(2,3)43-24(37)15-21(16-32-35-28(31)40)33-26(38)23-14-20-11-7-10-19-12-13-22(27(39)36(23)25(19)20)34-29(41)42-17-18-8-5-4-6-9-18/h4-11,16,21-23H,12-15,17H2,1-3H3,(H,33,38)(H,34,41)(H3,31,35,40)/b32-16+/t21-,22-,23-/m0/s1. The minimum atomic E-state index is -0.985. The zero-order valence-electron chi connectivity index (χ0n) is 24.3. The highest BCUT2D eigenvalue weighted by Crippen LogP contribution is 2.39. The second-order valence-electron chi connectivity index (χ2n) is 11.3. The molecule has 43 heavy (non-hydrogen) atoms. The number of urea groups is 1. The maximum atomic E-state index is 13.9. The first-order valence-corrected chi connectivity index (χ1v) is 13.9. The molecule has 0 fully saturated rings. The third-order valence-corrected chi connectivity index (χ3v) is 6.78. The van der Waals surface area contributed by atoms with Gasteiger partial charge in [-0.1, -0.05) is 48.5 Å². The number of alkyl carbamates (subject to hydrolysis) is 1. The van der Waals surface area contributed by atoms with Crippen molar-refractivity contribution in [3.63, 3.8) is 0 Å². The van der Waals surface area contributed by atoms with Gasteiger partial charge in [0, 0.05) is 12.6 Å². The smallest absolute Gasteiger partial charge is 0.408 e. The molecule has 0 saturated heterocycles. The Bertz CT molecular complexity index is 1410. The van der Waals surface area contributed by atoms with Gasteiger partial charge in [0.05, 0.1) is 18.2 Å². The van der Waals surface area contributed by atoms with E-state index in [4.69, 9.17) is 15.2 Å². The summed E-state index contributed by atoms with van der Waals surface area (Å²) in [5, 5.41) is 9.11. The van der Waals surface area contributed by atoms with Crippen LogP contribution in [-0.2, 0) is 43.3 Å².